The molecule has 1 aromatic carbocycles. The van der Waals surface area contributed by atoms with Crippen LogP contribution >= 0.6 is 11.6 Å². The van der Waals surface area contributed by atoms with Gasteiger partial charge >= 0.3 is 0 Å². The largest absolute Gasteiger partial charge is 0.251 e. The lowest BCUT2D eigenvalue weighted by Gasteiger charge is -1.97. The van der Waals surface area contributed by atoms with E-state index in [1.165, 1.54) is 6.20 Å². The van der Waals surface area contributed by atoms with Crippen LogP contribution in [0.4, 0.5) is 0 Å². The highest BCUT2D eigenvalue weighted by atomic mass is 35.5. The molecule has 0 unspecified atom stereocenters. The van der Waals surface area contributed by atoms with Crippen LogP contribution in [0.5, 0.6) is 0 Å². The summed E-state index contributed by atoms with van der Waals surface area (Å²) in [4.78, 5) is 8.13. The van der Waals surface area contributed by atoms with Crippen LogP contribution in [0.3, 0.4) is 0 Å². The molecule has 0 aliphatic heterocycles. The molecule has 4 heteroatoms. The molecular weight excluding hydrogens is 170 g/mol. The summed E-state index contributed by atoms with van der Waals surface area (Å²) >= 11 is 5.65. The molecule has 2 radical (unpaired) electrons. The fourth-order valence-corrected chi connectivity index (χ4v) is 1.15. The van der Waals surface area contributed by atoms with E-state index in [9.17, 15) is 0 Å². The Morgan fingerprint density at radius 3 is 2.92 bits per heavy atom. The Labute approximate surface area is 76.0 Å². The molecule has 0 saturated carbocycles. The Hall–Kier alpha value is -1.09. The van der Waals surface area contributed by atoms with Crippen molar-refractivity contribution in [2.45, 2.75) is 0 Å². The number of halogens is 1. The maximum atomic E-state index is 5.65. The van der Waals surface area contributed by atoms with Gasteiger partial charge in [-0.15, -0.1) is 0 Å². The SMILES string of the molecule is [B]c1ccc2nc(Cl)cnc2c1. The fourth-order valence-electron chi connectivity index (χ4n) is 1.01. The lowest BCUT2D eigenvalue weighted by molar-refractivity contribution is 1.30. The summed E-state index contributed by atoms with van der Waals surface area (Å²) in [5.74, 6) is 0. The second kappa shape index (κ2) is 2.75. The van der Waals surface area contributed by atoms with Crippen LogP contribution in [0.25, 0.3) is 11.0 Å². The first kappa shape index (κ1) is 7.56. The molecule has 2 nitrogen and oxygen atoms in total. The van der Waals surface area contributed by atoms with Crippen molar-refractivity contribution in [1.29, 1.82) is 0 Å². The molecule has 0 fully saturated rings. The molecule has 1 heterocycles. The van der Waals surface area contributed by atoms with Gasteiger partial charge in [0.05, 0.1) is 17.2 Å². The van der Waals surface area contributed by atoms with Crippen LogP contribution in [0.2, 0.25) is 5.15 Å². The molecule has 0 atom stereocenters. The van der Waals surface area contributed by atoms with Gasteiger partial charge in [0, 0.05) is 0 Å². The zero-order chi connectivity index (χ0) is 8.55. The van der Waals surface area contributed by atoms with Gasteiger partial charge in [0.2, 0.25) is 0 Å². The molecule has 0 amide bonds. The highest BCUT2D eigenvalue weighted by Gasteiger charge is 1.96. The average Bonchev–Trinajstić information content (AvgIpc) is 2.05. The van der Waals surface area contributed by atoms with E-state index < -0.39 is 0 Å². The Balaban J connectivity index is 2.79. The van der Waals surface area contributed by atoms with E-state index in [2.05, 4.69) is 9.97 Å². The Bertz CT molecular complexity index is 389. The summed E-state index contributed by atoms with van der Waals surface area (Å²) in [6.07, 6.45) is 1.50. The van der Waals surface area contributed by atoms with Crippen LogP contribution in [-0.4, -0.2) is 17.8 Å². The maximum absolute atomic E-state index is 5.65. The third-order valence-electron chi connectivity index (χ3n) is 1.54. The zero-order valence-electron chi connectivity index (χ0n) is 6.16. The first-order valence-electron chi connectivity index (χ1n) is 3.43. The van der Waals surface area contributed by atoms with E-state index in [4.69, 9.17) is 19.4 Å². The molecule has 2 aromatic rings. The fraction of sp³-hybridized carbons (Fsp3) is 0. The lowest BCUT2D eigenvalue weighted by Crippen LogP contribution is -2.01. The number of fused-ring (bicyclic) bond motifs is 1. The van der Waals surface area contributed by atoms with Gasteiger partial charge in [0.1, 0.15) is 13.0 Å². The molecule has 2 rings (SSSR count). The topological polar surface area (TPSA) is 25.8 Å². The molecule has 1 aromatic heterocycles. The molecule has 0 spiro atoms. The van der Waals surface area contributed by atoms with Crippen LogP contribution in [0.15, 0.2) is 24.4 Å². The normalized spacial score (nSPS) is 10.4. The number of benzene rings is 1. The van der Waals surface area contributed by atoms with E-state index >= 15 is 0 Å². The third-order valence-corrected chi connectivity index (χ3v) is 1.72. The van der Waals surface area contributed by atoms with Gasteiger partial charge in [-0.3, -0.25) is 4.98 Å². The number of aromatic nitrogens is 2. The first-order chi connectivity index (χ1) is 5.75. The van der Waals surface area contributed by atoms with Crippen LogP contribution in [-0.2, 0) is 0 Å². The van der Waals surface area contributed by atoms with Gasteiger partial charge in [0.25, 0.3) is 0 Å². The molecule has 0 aliphatic carbocycles. The first-order valence-corrected chi connectivity index (χ1v) is 3.81. The Morgan fingerprint density at radius 1 is 1.25 bits per heavy atom. The maximum Gasteiger partial charge on any atom is 0.148 e. The van der Waals surface area contributed by atoms with Gasteiger partial charge in [-0.2, -0.15) is 0 Å². The smallest absolute Gasteiger partial charge is 0.148 e. The molecule has 12 heavy (non-hydrogen) atoms. The Morgan fingerprint density at radius 2 is 2.08 bits per heavy atom. The molecule has 0 aliphatic rings. The van der Waals surface area contributed by atoms with Crippen LogP contribution in [0.1, 0.15) is 0 Å². The molecule has 56 valence electrons. The van der Waals surface area contributed by atoms with Crippen molar-refractivity contribution in [2.75, 3.05) is 0 Å². The van der Waals surface area contributed by atoms with Crippen molar-refractivity contribution in [3.05, 3.63) is 29.5 Å². The minimum absolute atomic E-state index is 0.396. The van der Waals surface area contributed by atoms with E-state index in [1.807, 2.05) is 0 Å². The Kier molecular flexibility index (Phi) is 1.73. The number of nitrogens with zero attached hydrogens (tertiary/aromatic N) is 2. The van der Waals surface area contributed by atoms with E-state index in [0.717, 1.165) is 11.0 Å². The molecule has 0 N–H and O–H groups in total. The van der Waals surface area contributed by atoms with Gasteiger partial charge in [0.15, 0.2) is 0 Å². The highest BCUT2D eigenvalue weighted by Crippen LogP contribution is 2.09. The van der Waals surface area contributed by atoms with Crippen molar-refractivity contribution in [3.8, 4) is 0 Å². The minimum atomic E-state index is 0.396. The van der Waals surface area contributed by atoms with Gasteiger partial charge in [-0.1, -0.05) is 23.1 Å². The van der Waals surface area contributed by atoms with E-state index in [0.29, 0.717) is 10.6 Å². The number of hydrogen-bond donors (Lipinski definition) is 0. The predicted molar refractivity (Wildman–Crippen MR) is 49.9 cm³/mol. The van der Waals surface area contributed by atoms with Gasteiger partial charge < -0.3 is 0 Å². The van der Waals surface area contributed by atoms with E-state index in [-0.39, 0.29) is 0 Å². The number of rotatable bonds is 0. The van der Waals surface area contributed by atoms with Crippen molar-refractivity contribution in [2.24, 2.45) is 0 Å². The summed E-state index contributed by atoms with van der Waals surface area (Å²) in [7, 11) is 5.56. The average molecular weight is 174 g/mol. The monoisotopic (exact) mass is 174 g/mol. The van der Waals surface area contributed by atoms with Crippen molar-refractivity contribution in [1.82, 2.24) is 9.97 Å². The predicted octanol–water partition coefficient (Wildman–Crippen LogP) is 1.08. The van der Waals surface area contributed by atoms with E-state index in [1.54, 1.807) is 18.2 Å². The van der Waals surface area contributed by atoms with Crippen molar-refractivity contribution < 1.29 is 0 Å². The summed E-state index contributed by atoms with van der Waals surface area (Å²) in [6, 6.07) is 5.33. The standard InChI is InChI=1S/C8H4BClN2/c9-5-1-2-6-7(3-5)11-4-8(10)12-6/h1-4H. The van der Waals surface area contributed by atoms with Gasteiger partial charge in [-0.25, -0.2) is 4.98 Å². The van der Waals surface area contributed by atoms with Crippen molar-refractivity contribution in [3.63, 3.8) is 0 Å². The van der Waals surface area contributed by atoms with Gasteiger partial charge in [-0.05, 0) is 12.1 Å². The second-order valence-corrected chi connectivity index (χ2v) is 2.83. The van der Waals surface area contributed by atoms with Crippen LogP contribution in [0, 0.1) is 0 Å². The molecule has 0 bridgehead atoms. The lowest BCUT2D eigenvalue weighted by atomic mass is 9.96. The van der Waals surface area contributed by atoms with Crippen molar-refractivity contribution >= 4 is 35.9 Å². The van der Waals surface area contributed by atoms with Crippen LogP contribution < -0.4 is 5.46 Å². The minimum Gasteiger partial charge on any atom is -0.251 e. The molecular formula is C8H4BClN2. The third kappa shape index (κ3) is 1.28. The highest BCUT2D eigenvalue weighted by molar-refractivity contribution is 6.33. The number of hydrogen-bond acceptors (Lipinski definition) is 2. The summed E-state index contributed by atoms with van der Waals surface area (Å²) in [5, 5.41) is 0.396. The summed E-state index contributed by atoms with van der Waals surface area (Å²) in [6.45, 7) is 0. The second-order valence-electron chi connectivity index (χ2n) is 2.44. The quantitative estimate of drug-likeness (QED) is 0.559. The molecule has 0 saturated heterocycles. The summed E-state index contributed by atoms with van der Waals surface area (Å²) in [5.41, 5.74) is 2.20. The summed E-state index contributed by atoms with van der Waals surface area (Å²) < 4.78 is 0. The zero-order valence-corrected chi connectivity index (χ0v) is 6.92.